The van der Waals surface area contributed by atoms with Gasteiger partial charge >= 0.3 is 0 Å². The normalized spacial score (nSPS) is 18.1. The fraction of sp³-hybridized carbons (Fsp3) is 0.650. The monoisotopic (exact) mass is 378 g/mol. The third kappa shape index (κ3) is 8.26. The van der Waals surface area contributed by atoms with Gasteiger partial charge < -0.3 is 25.2 Å². The molecule has 1 aromatic carbocycles. The molecule has 3 N–H and O–H groups in total. The lowest BCUT2D eigenvalue weighted by molar-refractivity contribution is -0.0201. The van der Waals surface area contributed by atoms with Crippen LogP contribution in [0.25, 0.3) is 0 Å². The third-order valence-electron chi connectivity index (χ3n) is 4.37. The van der Waals surface area contributed by atoms with E-state index >= 15 is 0 Å². The van der Waals surface area contributed by atoms with Crippen molar-refractivity contribution in [2.45, 2.75) is 32.6 Å². The lowest BCUT2D eigenvalue weighted by Crippen LogP contribution is -2.52. The van der Waals surface area contributed by atoms with E-state index in [1.807, 2.05) is 26.0 Å². The zero-order valence-electron chi connectivity index (χ0n) is 16.8. The molecule has 0 bridgehead atoms. The summed E-state index contributed by atoms with van der Waals surface area (Å²) in [6, 6.07) is 8.22. The van der Waals surface area contributed by atoms with Crippen molar-refractivity contribution in [3.05, 3.63) is 35.4 Å². The number of hydrogen-bond acceptors (Lipinski definition) is 5. The molecule has 1 aliphatic heterocycles. The van der Waals surface area contributed by atoms with E-state index in [4.69, 9.17) is 9.47 Å². The molecule has 1 aliphatic rings. The van der Waals surface area contributed by atoms with E-state index < -0.39 is 5.60 Å². The Bertz CT molecular complexity index is 586. The minimum atomic E-state index is -0.841. The van der Waals surface area contributed by atoms with E-state index in [1.54, 1.807) is 7.11 Å². The molecule has 0 aromatic heterocycles. The molecule has 0 amide bonds. The van der Waals surface area contributed by atoms with Crippen LogP contribution >= 0.6 is 0 Å². The molecule has 0 radical (unpaired) electrons. The average molecular weight is 379 g/mol. The number of rotatable bonds is 9. The topological polar surface area (TPSA) is 78.4 Å². The molecule has 27 heavy (non-hydrogen) atoms. The van der Waals surface area contributed by atoms with Crippen molar-refractivity contribution in [3.8, 4) is 0 Å². The number of guanidine groups is 1. The summed E-state index contributed by atoms with van der Waals surface area (Å²) in [6.45, 7) is 10.0. The number of β-amino-alcohol motifs (C(OH)–C–C–N with tert-alkyl or cyclic N) is 1. The van der Waals surface area contributed by atoms with Gasteiger partial charge in [0, 0.05) is 39.8 Å². The minimum absolute atomic E-state index is 0.430. The molecule has 2 rings (SSSR count). The van der Waals surface area contributed by atoms with Crippen molar-refractivity contribution in [2.24, 2.45) is 4.99 Å². The Labute approximate surface area is 162 Å². The highest BCUT2D eigenvalue weighted by molar-refractivity contribution is 5.79. The Hall–Kier alpha value is -1.67. The van der Waals surface area contributed by atoms with Crippen LogP contribution in [0.1, 0.15) is 25.0 Å². The number of benzene rings is 1. The molecule has 1 heterocycles. The molecule has 152 valence electrons. The number of methoxy groups -OCH3 is 1. The molecule has 7 heteroatoms. The number of aliphatic hydroxyl groups is 1. The van der Waals surface area contributed by atoms with Gasteiger partial charge in [-0.15, -0.1) is 0 Å². The first-order chi connectivity index (χ1) is 13.0. The van der Waals surface area contributed by atoms with Crippen LogP contribution in [-0.4, -0.2) is 74.6 Å². The number of ether oxygens (including phenoxy) is 2. The summed E-state index contributed by atoms with van der Waals surface area (Å²) in [4.78, 5) is 6.88. The minimum Gasteiger partial charge on any atom is -0.387 e. The fourth-order valence-corrected chi connectivity index (χ4v) is 3.07. The van der Waals surface area contributed by atoms with Crippen LogP contribution < -0.4 is 10.6 Å². The summed E-state index contributed by atoms with van der Waals surface area (Å²) in [5.41, 5.74) is 1.42. The van der Waals surface area contributed by atoms with Crippen molar-refractivity contribution in [1.82, 2.24) is 15.5 Å². The van der Waals surface area contributed by atoms with Crippen molar-refractivity contribution in [2.75, 3.05) is 53.0 Å². The SMILES string of the molecule is CCNC(=NCc1cccc(COC)c1)NCC(C)(O)CN1CCOCC1. The Morgan fingerprint density at radius 3 is 2.74 bits per heavy atom. The summed E-state index contributed by atoms with van der Waals surface area (Å²) < 4.78 is 10.6. The van der Waals surface area contributed by atoms with E-state index in [0.717, 1.165) is 44.0 Å². The number of nitrogens with zero attached hydrogens (tertiary/aromatic N) is 2. The van der Waals surface area contributed by atoms with E-state index in [1.165, 1.54) is 0 Å². The third-order valence-corrected chi connectivity index (χ3v) is 4.37. The maximum Gasteiger partial charge on any atom is 0.191 e. The molecule has 1 saturated heterocycles. The van der Waals surface area contributed by atoms with Crippen LogP contribution in [0, 0.1) is 0 Å². The number of nitrogens with one attached hydrogen (secondary N) is 2. The predicted octanol–water partition coefficient (Wildman–Crippen LogP) is 0.971. The van der Waals surface area contributed by atoms with Gasteiger partial charge in [-0.3, -0.25) is 4.90 Å². The highest BCUT2D eigenvalue weighted by Gasteiger charge is 2.25. The van der Waals surface area contributed by atoms with Crippen LogP contribution in [0.2, 0.25) is 0 Å². The molecule has 7 nitrogen and oxygen atoms in total. The first kappa shape index (κ1) is 21.6. The maximum atomic E-state index is 10.7. The zero-order chi connectivity index (χ0) is 19.5. The smallest absolute Gasteiger partial charge is 0.191 e. The summed E-state index contributed by atoms with van der Waals surface area (Å²) in [7, 11) is 1.70. The van der Waals surface area contributed by atoms with Crippen molar-refractivity contribution >= 4 is 5.96 Å². The summed E-state index contributed by atoms with van der Waals surface area (Å²) in [5, 5.41) is 17.2. The van der Waals surface area contributed by atoms with Crippen LogP contribution in [0.5, 0.6) is 0 Å². The van der Waals surface area contributed by atoms with Crippen LogP contribution in [-0.2, 0) is 22.6 Å². The Kier molecular flexibility index (Phi) is 9.00. The van der Waals surface area contributed by atoms with Crippen molar-refractivity contribution in [1.29, 1.82) is 0 Å². The van der Waals surface area contributed by atoms with E-state index in [-0.39, 0.29) is 0 Å². The van der Waals surface area contributed by atoms with Gasteiger partial charge in [-0.25, -0.2) is 4.99 Å². The largest absolute Gasteiger partial charge is 0.387 e. The van der Waals surface area contributed by atoms with E-state index in [0.29, 0.717) is 32.2 Å². The van der Waals surface area contributed by atoms with Gasteiger partial charge in [-0.1, -0.05) is 24.3 Å². The summed E-state index contributed by atoms with van der Waals surface area (Å²) in [5.74, 6) is 0.705. The fourth-order valence-electron chi connectivity index (χ4n) is 3.07. The second kappa shape index (κ2) is 11.2. The van der Waals surface area contributed by atoms with Gasteiger partial charge in [0.05, 0.1) is 32.0 Å². The van der Waals surface area contributed by atoms with Gasteiger partial charge in [0.2, 0.25) is 0 Å². The summed E-state index contributed by atoms with van der Waals surface area (Å²) in [6.07, 6.45) is 0. The average Bonchev–Trinajstić information content (AvgIpc) is 2.65. The second-order valence-electron chi connectivity index (χ2n) is 7.19. The standard InChI is InChI=1S/C20H34N4O3/c1-4-21-19(22-13-17-6-5-7-18(12-17)14-26-3)23-15-20(2,25)16-24-8-10-27-11-9-24/h5-7,12,25H,4,8-11,13-16H2,1-3H3,(H2,21,22,23). The molecule has 1 atom stereocenters. The summed E-state index contributed by atoms with van der Waals surface area (Å²) >= 11 is 0. The Morgan fingerprint density at radius 2 is 2.04 bits per heavy atom. The highest BCUT2D eigenvalue weighted by atomic mass is 16.5. The van der Waals surface area contributed by atoms with E-state index in [9.17, 15) is 5.11 Å². The first-order valence-corrected chi connectivity index (χ1v) is 9.64. The van der Waals surface area contributed by atoms with Crippen LogP contribution in [0.15, 0.2) is 29.3 Å². The molecule has 0 spiro atoms. The second-order valence-corrected chi connectivity index (χ2v) is 7.19. The van der Waals surface area contributed by atoms with Gasteiger partial charge in [0.25, 0.3) is 0 Å². The van der Waals surface area contributed by atoms with Crippen molar-refractivity contribution < 1.29 is 14.6 Å². The van der Waals surface area contributed by atoms with Gasteiger partial charge in [-0.2, -0.15) is 0 Å². The molecule has 1 fully saturated rings. The molecule has 1 unspecified atom stereocenters. The van der Waals surface area contributed by atoms with Gasteiger partial charge in [-0.05, 0) is 25.0 Å². The van der Waals surface area contributed by atoms with E-state index in [2.05, 4.69) is 32.7 Å². The highest BCUT2D eigenvalue weighted by Crippen LogP contribution is 2.09. The molecule has 0 aliphatic carbocycles. The number of aliphatic imine (C=N–C) groups is 1. The quantitative estimate of drug-likeness (QED) is 0.439. The molecule has 1 aromatic rings. The first-order valence-electron chi connectivity index (χ1n) is 9.64. The molecular formula is C20H34N4O3. The van der Waals surface area contributed by atoms with Crippen LogP contribution in [0.3, 0.4) is 0 Å². The zero-order valence-corrected chi connectivity index (χ0v) is 16.8. The Morgan fingerprint density at radius 1 is 1.30 bits per heavy atom. The lowest BCUT2D eigenvalue weighted by atomic mass is 10.1. The predicted molar refractivity (Wildman–Crippen MR) is 108 cm³/mol. The Balaban J connectivity index is 1.89. The number of morpholine rings is 1. The molecular weight excluding hydrogens is 344 g/mol. The van der Waals surface area contributed by atoms with Gasteiger partial charge in [0.1, 0.15) is 0 Å². The molecule has 0 saturated carbocycles. The lowest BCUT2D eigenvalue weighted by Gasteiger charge is -2.34. The van der Waals surface area contributed by atoms with Gasteiger partial charge in [0.15, 0.2) is 5.96 Å². The maximum absolute atomic E-state index is 10.7. The van der Waals surface area contributed by atoms with Crippen LogP contribution in [0.4, 0.5) is 0 Å². The number of hydrogen-bond donors (Lipinski definition) is 3. The van der Waals surface area contributed by atoms with Crippen molar-refractivity contribution in [3.63, 3.8) is 0 Å².